The molecule has 6 aliphatic rings. The van der Waals surface area contributed by atoms with E-state index in [1.807, 2.05) is 52.8 Å². The van der Waals surface area contributed by atoms with Gasteiger partial charge < -0.3 is 29.2 Å². The van der Waals surface area contributed by atoms with Crippen molar-refractivity contribution in [2.75, 3.05) is 6.61 Å². The van der Waals surface area contributed by atoms with Crippen LogP contribution in [0.1, 0.15) is 95.6 Å². The highest BCUT2D eigenvalue weighted by molar-refractivity contribution is 6.19. The molecule has 3 heterocycles. The summed E-state index contributed by atoms with van der Waals surface area (Å²) in [5.41, 5.74) is -1.16. The van der Waals surface area contributed by atoms with E-state index in [9.17, 15) is 24.6 Å². The number of allylic oxidation sites excluding steroid dienone is 5. The molecule has 0 amide bonds. The van der Waals surface area contributed by atoms with Gasteiger partial charge in [0.05, 0.1) is 11.2 Å². The molecule has 4 bridgehead atoms. The first-order valence-corrected chi connectivity index (χ1v) is 16.3. The Morgan fingerprint density at radius 3 is 2.43 bits per heavy atom. The predicted octanol–water partition coefficient (Wildman–Crippen LogP) is 6.26. The van der Waals surface area contributed by atoms with Gasteiger partial charge >= 0.3 is 0 Å². The Morgan fingerprint density at radius 1 is 1.04 bits per heavy atom. The van der Waals surface area contributed by atoms with Gasteiger partial charge in [-0.3, -0.25) is 14.4 Å². The third kappa shape index (κ3) is 4.84. The van der Waals surface area contributed by atoms with Gasteiger partial charge in [0.2, 0.25) is 0 Å². The summed E-state index contributed by atoms with van der Waals surface area (Å²) in [7, 11) is 0. The van der Waals surface area contributed by atoms with Gasteiger partial charge in [0.15, 0.2) is 22.8 Å². The summed E-state index contributed by atoms with van der Waals surface area (Å²) in [5.74, 6) is -1.31. The molecule has 250 valence electrons. The number of ether oxygens (including phenoxy) is 4. The van der Waals surface area contributed by atoms with Gasteiger partial charge in [-0.2, -0.15) is 0 Å². The monoisotopic (exact) mass is 644 g/mol. The van der Waals surface area contributed by atoms with Crippen LogP contribution in [0.4, 0.5) is 0 Å². The predicted molar refractivity (Wildman–Crippen MR) is 175 cm³/mol. The van der Waals surface area contributed by atoms with Crippen LogP contribution >= 0.6 is 0 Å². The second-order valence-electron chi connectivity index (χ2n) is 14.6. The Hall–Kier alpha value is -3.95. The third-order valence-corrected chi connectivity index (χ3v) is 10.4. The van der Waals surface area contributed by atoms with Crippen molar-refractivity contribution < 1.29 is 43.5 Å². The lowest BCUT2D eigenvalue weighted by molar-refractivity contribution is -0.171. The van der Waals surface area contributed by atoms with Gasteiger partial charge in [0.1, 0.15) is 40.8 Å². The van der Waals surface area contributed by atoms with E-state index in [1.54, 1.807) is 6.08 Å². The Morgan fingerprint density at radius 2 is 1.77 bits per heavy atom. The maximum Gasteiger partial charge on any atom is 0.298 e. The average molecular weight is 645 g/mol. The van der Waals surface area contributed by atoms with Crippen LogP contribution in [0.2, 0.25) is 0 Å². The first-order valence-electron chi connectivity index (χ1n) is 16.3. The molecule has 0 radical (unpaired) electrons. The van der Waals surface area contributed by atoms with Crippen LogP contribution in [0.5, 0.6) is 17.2 Å². The summed E-state index contributed by atoms with van der Waals surface area (Å²) in [6.07, 6.45) is 13.2. The lowest BCUT2D eigenvalue weighted by atomic mass is 9.51. The zero-order valence-electron chi connectivity index (χ0n) is 28.2. The maximum absolute atomic E-state index is 14.8. The number of rotatable bonds is 10. The molecule has 0 aromatic heterocycles. The zero-order valence-corrected chi connectivity index (χ0v) is 28.2. The number of ketones is 2. The fourth-order valence-corrected chi connectivity index (χ4v) is 8.26. The van der Waals surface area contributed by atoms with Crippen molar-refractivity contribution in [3.05, 3.63) is 69.5 Å². The van der Waals surface area contributed by atoms with Crippen LogP contribution in [-0.2, 0) is 25.5 Å². The van der Waals surface area contributed by atoms with Crippen molar-refractivity contribution in [3.8, 4) is 17.2 Å². The number of Topliss-reactive ketones (excluding diaryl/α,β-unsaturated/α-hetero) is 2. The van der Waals surface area contributed by atoms with Crippen LogP contribution in [0.25, 0.3) is 6.08 Å². The highest BCUT2D eigenvalue weighted by Crippen LogP contribution is 2.68. The molecule has 2 fully saturated rings. The molecule has 47 heavy (non-hydrogen) atoms. The summed E-state index contributed by atoms with van der Waals surface area (Å²) in [6.45, 7) is 13.5. The first-order chi connectivity index (χ1) is 22.1. The molecule has 2 N–H and O–H groups in total. The highest BCUT2D eigenvalue weighted by Gasteiger charge is 2.81. The van der Waals surface area contributed by atoms with E-state index in [1.165, 1.54) is 11.6 Å². The molecule has 9 heteroatoms. The molecule has 3 aliphatic carbocycles. The topological polar surface area (TPSA) is 129 Å². The van der Waals surface area contributed by atoms with Gasteiger partial charge in [-0.1, -0.05) is 29.4 Å². The van der Waals surface area contributed by atoms with E-state index >= 15 is 0 Å². The molecular formula is C38H44O9. The maximum atomic E-state index is 14.8. The van der Waals surface area contributed by atoms with E-state index in [-0.39, 0.29) is 47.1 Å². The molecular weight excluding hydrogens is 600 g/mol. The number of carbonyl (C=O) groups is 3. The van der Waals surface area contributed by atoms with Crippen LogP contribution in [0.3, 0.4) is 0 Å². The number of carbonyl (C=O) groups excluding carboxylic acids is 3. The van der Waals surface area contributed by atoms with E-state index in [0.29, 0.717) is 36.1 Å². The lowest BCUT2D eigenvalue weighted by Gasteiger charge is -2.56. The van der Waals surface area contributed by atoms with E-state index in [2.05, 4.69) is 19.9 Å². The number of phenols is 1. The molecule has 1 aromatic rings. The normalized spacial score (nSPS) is 30.7. The summed E-state index contributed by atoms with van der Waals surface area (Å²) < 4.78 is 25.6. The number of hydrogen-bond donors (Lipinski definition) is 2. The molecule has 3 unspecified atom stereocenters. The summed E-state index contributed by atoms with van der Waals surface area (Å²) in [6, 6.07) is 0. The Balaban J connectivity index is 1.58. The first kappa shape index (κ1) is 33.0. The number of aliphatic hydroxyl groups excluding tert-OH is 1. The minimum Gasteiger partial charge on any atom is -0.506 e. The Labute approximate surface area is 275 Å². The number of aromatic hydroxyl groups is 1. The standard InChI is InChI=1S/C38H44O9/c1-21(2)9-8-14-36(7)15-13-25-30(41)29-31(42)27-17-23-18-28-35(5,6)47-37(34(23)43,16-12-24(19-39)44-20-40)38(27,28)46-33(29)26(32(25)45-36)11-10-22(3)4/h9-10,12-13,15,17,20,23,28,39,41H,8,11,14,16,18-19H2,1-7H3/b24-12-/t23?,28?,36-,37?,38+/m0/s1. The van der Waals surface area contributed by atoms with Crippen molar-refractivity contribution in [1.82, 2.24) is 0 Å². The second-order valence-corrected chi connectivity index (χ2v) is 14.6. The fourth-order valence-electron chi connectivity index (χ4n) is 8.26. The van der Waals surface area contributed by atoms with Crippen LogP contribution in [0, 0.1) is 11.8 Å². The van der Waals surface area contributed by atoms with Gasteiger partial charge in [-0.25, -0.2) is 0 Å². The van der Waals surface area contributed by atoms with E-state index < -0.39 is 46.6 Å². The van der Waals surface area contributed by atoms with Crippen molar-refractivity contribution >= 4 is 24.1 Å². The summed E-state index contributed by atoms with van der Waals surface area (Å²) in [4.78, 5) is 40.2. The molecule has 1 aromatic carbocycles. The lowest BCUT2D eigenvalue weighted by Crippen LogP contribution is -2.72. The SMILES string of the molecule is CC(C)=CCC[C@@]1(C)C=Cc2c(O)c3c(c(CC=C(C)C)c2O1)O[C@]12C(=CC4CC1C(C)(C)OC2(C/C=C(/CO)OC=O)C4=O)C3=O. The van der Waals surface area contributed by atoms with Gasteiger partial charge in [0, 0.05) is 29.4 Å². The van der Waals surface area contributed by atoms with Crippen molar-refractivity contribution in [3.63, 3.8) is 0 Å². The van der Waals surface area contributed by atoms with Crippen LogP contribution in [0.15, 0.2) is 52.9 Å². The van der Waals surface area contributed by atoms with Gasteiger partial charge in [-0.15, -0.1) is 0 Å². The minimum atomic E-state index is -1.66. The minimum absolute atomic E-state index is 0.0403. The largest absolute Gasteiger partial charge is 0.506 e. The van der Waals surface area contributed by atoms with E-state index in [4.69, 9.17) is 18.9 Å². The quantitative estimate of drug-likeness (QED) is 0.172. The van der Waals surface area contributed by atoms with Gasteiger partial charge in [-0.05, 0) is 92.4 Å². The van der Waals surface area contributed by atoms with Gasteiger partial charge in [0.25, 0.3) is 6.47 Å². The number of phenolic OH excluding ortho intramolecular Hbond substituents is 1. The number of hydrogen-bond acceptors (Lipinski definition) is 9. The third-order valence-electron chi connectivity index (χ3n) is 10.4. The summed E-state index contributed by atoms with van der Waals surface area (Å²) in [5, 5.41) is 21.6. The number of fused-ring (bicyclic) bond motifs is 2. The fraction of sp³-hybridized carbons (Fsp3) is 0.500. The molecule has 9 nitrogen and oxygen atoms in total. The highest BCUT2D eigenvalue weighted by atomic mass is 16.6. The Bertz CT molecular complexity index is 1710. The van der Waals surface area contributed by atoms with Crippen LogP contribution in [-0.4, -0.2) is 57.3 Å². The Kier molecular flexibility index (Phi) is 7.95. The van der Waals surface area contributed by atoms with Crippen molar-refractivity contribution in [1.29, 1.82) is 0 Å². The zero-order chi connectivity index (χ0) is 34.1. The van der Waals surface area contributed by atoms with Crippen molar-refractivity contribution in [2.24, 2.45) is 11.8 Å². The molecule has 7 rings (SSSR count). The number of benzene rings is 1. The summed E-state index contributed by atoms with van der Waals surface area (Å²) >= 11 is 0. The van der Waals surface area contributed by atoms with E-state index in [0.717, 1.165) is 12.0 Å². The molecule has 1 saturated carbocycles. The van der Waals surface area contributed by atoms with Crippen LogP contribution < -0.4 is 9.47 Å². The second kappa shape index (κ2) is 11.3. The molecule has 3 aliphatic heterocycles. The molecule has 5 atom stereocenters. The average Bonchev–Trinajstić information content (AvgIpc) is 3.15. The van der Waals surface area contributed by atoms with Crippen molar-refractivity contribution in [2.45, 2.75) is 103 Å². The number of aliphatic hydroxyl groups is 1. The smallest absolute Gasteiger partial charge is 0.298 e. The molecule has 1 saturated heterocycles. The molecule has 1 spiro atoms.